The summed E-state index contributed by atoms with van der Waals surface area (Å²) in [5.41, 5.74) is 5.15. The Kier molecular flexibility index (Phi) is 3.23. The first-order valence-electron chi connectivity index (χ1n) is 6.20. The maximum Gasteiger partial charge on any atom is 0.256 e. The SMILES string of the molecule is NNc1ccccc1C(=O)N1CCc2sccc2C1. The first-order valence-corrected chi connectivity index (χ1v) is 7.07. The van der Waals surface area contributed by atoms with Gasteiger partial charge in [-0.25, -0.2) is 0 Å². The average Bonchev–Trinajstić information content (AvgIpc) is 2.93. The van der Waals surface area contributed by atoms with Gasteiger partial charge in [-0.05, 0) is 35.6 Å². The summed E-state index contributed by atoms with van der Waals surface area (Å²) < 4.78 is 0. The van der Waals surface area contributed by atoms with Gasteiger partial charge in [-0.15, -0.1) is 11.3 Å². The van der Waals surface area contributed by atoms with E-state index < -0.39 is 0 Å². The number of hydrogen-bond donors (Lipinski definition) is 2. The third-order valence-corrected chi connectivity index (χ3v) is 4.43. The minimum absolute atomic E-state index is 0.0328. The summed E-state index contributed by atoms with van der Waals surface area (Å²) in [4.78, 5) is 15.8. The Bertz CT molecular complexity index is 608. The van der Waals surface area contributed by atoms with Crippen molar-refractivity contribution >= 4 is 22.9 Å². The summed E-state index contributed by atoms with van der Waals surface area (Å²) in [6.07, 6.45) is 0.941. The highest BCUT2D eigenvalue weighted by Crippen LogP contribution is 2.26. The van der Waals surface area contributed by atoms with Crippen LogP contribution in [0.2, 0.25) is 0 Å². The van der Waals surface area contributed by atoms with Crippen LogP contribution < -0.4 is 11.3 Å². The molecule has 98 valence electrons. The summed E-state index contributed by atoms with van der Waals surface area (Å²) in [6.45, 7) is 1.46. The number of nitrogen functional groups attached to an aromatic ring is 1. The average molecular weight is 273 g/mol. The van der Waals surface area contributed by atoms with Crippen LogP contribution in [0.1, 0.15) is 20.8 Å². The quantitative estimate of drug-likeness (QED) is 0.651. The van der Waals surface area contributed by atoms with E-state index >= 15 is 0 Å². The van der Waals surface area contributed by atoms with Gasteiger partial charge in [0.05, 0.1) is 11.3 Å². The summed E-state index contributed by atoms with van der Waals surface area (Å²) >= 11 is 1.77. The van der Waals surface area contributed by atoms with Crippen LogP contribution in [0.4, 0.5) is 5.69 Å². The summed E-state index contributed by atoms with van der Waals surface area (Å²) in [5.74, 6) is 5.49. The molecule has 1 aliphatic heterocycles. The van der Waals surface area contributed by atoms with Crippen molar-refractivity contribution in [3.8, 4) is 0 Å². The fraction of sp³-hybridized carbons (Fsp3) is 0.214. The molecule has 2 aromatic rings. The number of nitrogens with two attached hydrogens (primary N) is 1. The molecule has 0 spiro atoms. The molecule has 0 radical (unpaired) electrons. The summed E-state index contributed by atoms with van der Waals surface area (Å²) in [6, 6.07) is 9.44. The number of nitrogens with one attached hydrogen (secondary N) is 1. The van der Waals surface area contributed by atoms with Gasteiger partial charge in [-0.2, -0.15) is 0 Å². The Labute approximate surface area is 115 Å². The van der Waals surface area contributed by atoms with E-state index in [-0.39, 0.29) is 5.91 Å². The Hall–Kier alpha value is -1.85. The highest BCUT2D eigenvalue weighted by Gasteiger charge is 2.23. The highest BCUT2D eigenvalue weighted by atomic mass is 32.1. The van der Waals surface area contributed by atoms with Crippen LogP contribution in [0.5, 0.6) is 0 Å². The largest absolute Gasteiger partial charge is 0.334 e. The van der Waals surface area contributed by atoms with E-state index in [1.165, 1.54) is 10.4 Å². The molecule has 0 atom stereocenters. The van der Waals surface area contributed by atoms with Gasteiger partial charge in [-0.3, -0.25) is 10.6 Å². The van der Waals surface area contributed by atoms with Crippen molar-refractivity contribution in [2.45, 2.75) is 13.0 Å². The maximum absolute atomic E-state index is 12.5. The summed E-state index contributed by atoms with van der Waals surface area (Å²) in [7, 11) is 0. The Morgan fingerprint density at radius 1 is 1.32 bits per heavy atom. The molecule has 1 amide bonds. The number of hydrogen-bond acceptors (Lipinski definition) is 4. The van der Waals surface area contributed by atoms with Gasteiger partial charge in [0.1, 0.15) is 0 Å². The molecule has 0 fully saturated rings. The molecule has 0 bridgehead atoms. The topological polar surface area (TPSA) is 58.4 Å². The molecule has 0 aliphatic carbocycles. The van der Waals surface area contributed by atoms with E-state index in [4.69, 9.17) is 5.84 Å². The molecule has 0 saturated carbocycles. The molecule has 4 nitrogen and oxygen atoms in total. The lowest BCUT2D eigenvalue weighted by molar-refractivity contribution is 0.0737. The lowest BCUT2D eigenvalue weighted by Crippen LogP contribution is -2.35. The van der Waals surface area contributed by atoms with Gasteiger partial charge in [0.25, 0.3) is 5.91 Å². The molecule has 0 unspecified atom stereocenters. The van der Waals surface area contributed by atoms with E-state index in [0.29, 0.717) is 17.8 Å². The molecule has 3 N–H and O–H groups in total. The molecular formula is C14H15N3OS. The monoisotopic (exact) mass is 273 g/mol. The fourth-order valence-electron chi connectivity index (χ4n) is 2.39. The maximum atomic E-state index is 12.5. The first kappa shape index (κ1) is 12.2. The van der Waals surface area contributed by atoms with Gasteiger partial charge in [0.2, 0.25) is 0 Å². The first-order chi connectivity index (χ1) is 9.29. The number of fused-ring (bicyclic) bond motifs is 1. The third kappa shape index (κ3) is 2.22. The van der Waals surface area contributed by atoms with Crippen molar-refractivity contribution in [2.75, 3.05) is 12.0 Å². The molecular weight excluding hydrogens is 258 g/mol. The molecule has 1 aromatic carbocycles. The van der Waals surface area contributed by atoms with Crippen molar-refractivity contribution < 1.29 is 4.79 Å². The standard InChI is InChI=1S/C14H15N3OS/c15-16-12-4-2-1-3-11(12)14(18)17-7-5-13-10(9-17)6-8-19-13/h1-4,6,8,16H,5,7,9,15H2. The van der Waals surface area contributed by atoms with Gasteiger partial charge < -0.3 is 10.3 Å². The minimum Gasteiger partial charge on any atom is -0.334 e. The number of thiophene rings is 1. The predicted octanol–water partition coefficient (Wildman–Crippen LogP) is 2.23. The lowest BCUT2D eigenvalue weighted by Gasteiger charge is -2.27. The lowest BCUT2D eigenvalue weighted by atomic mass is 10.1. The van der Waals surface area contributed by atoms with Crippen molar-refractivity contribution in [3.63, 3.8) is 0 Å². The molecule has 5 heteroatoms. The Morgan fingerprint density at radius 2 is 2.16 bits per heavy atom. The van der Waals surface area contributed by atoms with Crippen molar-refractivity contribution in [1.82, 2.24) is 4.90 Å². The molecule has 1 aromatic heterocycles. The van der Waals surface area contributed by atoms with E-state index in [0.717, 1.165) is 13.0 Å². The Morgan fingerprint density at radius 3 is 3.00 bits per heavy atom. The number of anilines is 1. The predicted molar refractivity (Wildman–Crippen MR) is 77.0 cm³/mol. The van der Waals surface area contributed by atoms with E-state index in [1.807, 2.05) is 23.1 Å². The zero-order valence-corrected chi connectivity index (χ0v) is 11.2. The number of para-hydroxylation sites is 1. The van der Waals surface area contributed by atoms with Crippen LogP contribution in [0.25, 0.3) is 0 Å². The second kappa shape index (κ2) is 5.03. The zero-order chi connectivity index (χ0) is 13.2. The number of carbonyl (C=O) groups excluding carboxylic acids is 1. The second-order valence-corrected chi connectivity index (χ2v) is 5.54. The normalized spacial score (nSPS) is 14.1. The second-order valence-electron chi connectivity index (χ2n) is 4.54. The molecule has 2 heterocycles. The van der Waals surface area contributed by atoms with Crippen molar-refractivity contribution in [2.24, 2.45) is 5.84 Å². The fourth-order valence-corrected chi connectivity index (χ4v) is 3.28. The smallest absolute Gasteiger partial charge is 0.256 e. The number of amides is 1. The van der Waals surface area contributed by atoms with Crippen LogP contribution in [-0.4, -0.2) is 17.4 Å². The van der Waals surface area contributed by atoms with Crippen LogP contribution in [0, 0.1) is 0 Å². The number of rotatable bonds is 2. The van der Waals surface area contributed by atoms with Crippen molar-refractivity contribution in [1.29, 1.82) is 0 Å². The van der Waals surface area contributed by atoms with Crippen molar-refractivity contribution in [3.05, 3.63) is 51.7 Å². The van der Waals surface area contributed by atoms with Crippen LogP contribution in [0.15, 0.2) is 35.7 Å². The van der Waals surface area contributed by atoms with Crippen LogP contribution in [-0.2, 0) is 13.0 Å². The van der Waals surface area contributed by atoms with E-state index in [2.05, 4.69) is 16.9 Å². The summed E-state index contributed by atoms with van der Waals surface area (Å²) in [5, 5.41) is 2.09. The Balaban J connectivity index is 1.85. The third-order valence-electron chi connectivity index (χ3n) is 3.41. The van der Waals surface area contributed by atoms with Gasteiger partial charge in [0, 0.05) is 18.0 Å². The number of benzene rings is 1. The number of nitrogens with zero attached hydrogens (tertiary/aromatic N) is 1. The van der Waals surface area contributed by atoms with Gasteiger partial charge >= 0.3 is 0 Å². The molecule has 1 aliphatic rings. The zero-order valence-electron chi connectivity index (χ0n) is 10.4. The van der Waals surface area contributed by atoms with Crippen LogP contribution >= 0.6 is 11.3 Å². The molecule has 3 rings (SSSR count). The number of hydrazine groups is 1. The molecule has 0 saturated heterocycles. The van der Waals surface area contributed by atoms with E-state index in [1.54, 1.807) is 17.4 Å². The van der Waals surface area contributed by atoms with Gasteiger partial charge in [-0.1, -0.05) is 12.1 Å². The number of carbonyl (C=O) groups is 1. The van der Waals surface area contributed by atoms with Crippen LogP contribution in [0.3, 0.4) is 0 Å². The highest BCUT2D eigenvalue weighted by molar-refractivity contribution is 7.10. The van der Waals surface area contributed by atoms with E-state index in [9.17, 15) is 4.79 Å². The molecule has 19 heavy (non-hydrogen) atoms. The minimum atomic E-state index is 0.0328. The van der Waals surface area contributed by atoms with Gasteiger partial charge in [0.15, 0.2) is 0 Å².